The summed E-state index contributed by atoms with van der Waals surface area (Å²) in [6.07, 6.45) is 0.804. The van der Waals surface area contributed by atoms with Gasteiger partial charge in [-0.2, -0.15) is 0 Å². The number of aromatic amines is 1. The Morgan fingerprint density at radius 2 is 2.06 bits per heavy atom. The zero-order chi connectivity index (χ0) is 11.8. The third-order valence-corrected chi connectivity index (χ3v) is 2.75. The summed E-state index contributed by atoms with van der Waals surface area (Å²) >= 11 is 0. The zero-order valence-electron chi connectivity index (χ0n) is 10.2. The minimum Gasteiger partial charge on any atom is -0.342 e. The predicted octanol–water partition coefficient (Wildman–Crippen LogP) is 2.36. The van der Waals surface area contributed by atoms with Gasteiger partial charge < -0.3 is 10.7 Å². The molecule has 0 fully saturated rings. The second kappa shape index (κ2) is 3.91. The number of fused-ring (bicyclic) bond motifs is 1. The van der Waals surface area contributed by atoms with Crippen LogP contribution < -0.4 is 5.73 Å². The Hall–Kier alpha value is -1.35. The standard InChI is InChI=1S/C13H19N3/c1-13(2,3)9-5-4-6-10-12(9)16-11(15-10)7-8-14/h4-6H,7-8,14H2,1-3H3,(H,15,16). The van der Waals surface area contributed by atoms with Crippen molar-refractivity contribution in [1.82, 2.24) is 9.97 Å². The lowest BCUT2D eigenvalue weighted by molar-refractivity contribution is 0.594. The number of hydrogen-bond acceptors (Lipinski definition) is 2. The molecule has 86 valence electrons. The van der Waals surface area contributed by atoms with E-state index in [1.54, 1.807) is 0 Å². The lowest BCUT2D eigenvalue weighted by atomic mass is 9.86. The number of hydrogen-bond donors (Lipinski definition) is 2. The Morgan fingerprint density at radius 1 is 1.31 bits per heavy atom. The molecule has 1 aromatic carbocycles. The summed E-state index contributed by atoms with van der Waals surface area (Å²) in [5.74, 6) is 0.981. The summed E-state index contributed by atoms with van der Waals surface area (Å²) in [6, 6.07) is 6.29. The first kappa shape index (κ1) is 11.1. The highest BCUT2D eigenvalue weighted by molar-refractivity contribution is 5.79. The molecule has 16 heavy (non-hydrogen) atoms. The summed E-state index contributed by atoms with van der Waals surface area (Å²) < 4.78 is 0. The number of para-hydroxylation sites is 1. The van der Waals surface area contributed by atoms with Crippen LogP contribution >= 0.6 is 0 Å². The maximum Gasteiger partial charge on any atom is 0.108 e. The molecule has 0 unspecified atom stereocenters. The zero-order valence-corrected chi connectivity index (χ0v) is 10.2. The molecule has 2 rings (SSSR count). The normalized spacial score (nSPS) is 12.2. The van der Waals surface area contributed by atoms with E-state index in [0.717, 1.165) is 23.3 Å². The van der Waals surface area contributed by atoms with Crippen LogP contribution in [0.2, 0.25) is 0 Å². The van der Waals surface area contributed by atoms with E-state index in [4.69, 9.17) is 5.73 Å². The van der Waals surface area contributed by atoms with Crippen molar-refractivity contribution in [3.05, 3.63) is 29.6 Å². The van der Waals surface area contributed by atoms with E-state index in [1.165, 1.54) is 5.56 Å². The molecular weight excluding hydrogens is 198 g/mol. The van der Waals surface area contributed by atoms with Crippen LogP contribution in [0.15, 0.2) is 18.2 Å². The molecule has 3 heteroatoms. The number of rotatable bonds is 2. The van der Waals surface area contributed by atoms with Crippen LogP contribution in [0.5, 0.6) is 0 Å². The van der Waals surface area contributed by atoms with Crippen LogP contribution in [0.4, 0.5) is 0 Å². The number of nitrogens with one attached hydrogen (secondary N) is 1. The highest BCUT2D eigenvalue weighted by atomic mass is 14.9. The van der Waals surface area contributed by atoms with Gasteiger partial charge in [0.2, 0.25) is 0 Å². The second-order valence-electron chi connectivity index (χ2n) is 5.17. The van der Waals surface area contributed by atoms with Crippen molar-refractivity contribution < 1.29 is 0 Å². The van der Waals surface area contributed by atoms with Crippen molar-refractivity contribution in [3.63, 3.8) is 0 Å². The van der Waals surface area contributed by atoms with Crippen molar-refractivity contribution >= 4 is 11.0 Å². The van der Waals surface area contributed by atoms with Crippen molar-refractivity contribution in [1.29, 1.82) is 0 Å². The first-order valence-electron chi connectivity index (χ1n) is 5.70. The first-order chi connectivity index (χ1) is 7.52. The van der Waals surface area contributed by atoms with E-state index in [1.807, 2.05) is 0 Å². The van der Waals surface area contributed by atoms with Crippen LogP contribution in [-0.4, -0.2) is 16.5 Å². The van der Waals surface area contributed by atoms with E-state index >= 15 is 0 Å². The van der Waals surface area contributed by atoms with E-state index in [2.05, 4.69) is 48.9 Å². The average Bonchev–Trinajstić information content (AvgIpc) is 2.58. The minimum atomic E-state index is 0.120. The van der Waals surface area contributed by atoms with Gasteiger partial charge in [-0.1, -0.05) is 32.9 Å². The molecule has 0 bridgehead atoms. The molecule has 0 aliphatic rings. The highest BCUT2D eigenvalue weighted by Gasteiger charge is 2.18. The topological polar surface area (TPSA) is 54.7 Å². The SMILES string of the molecule is CC(C)(C)c1cccc2[nH]c(CCN)nc12. The minimum absolute atomic E-state index is 0.120. The lowest BCUT2D eigenvalue weighted by Gasteiger charge is -2.19. The number of H-pyrrole nitrogens is 1. The second-order valence-corrected chi connectivity index (χ2v) is 5.17. The van der Waals surface area contributed by atoms with Gasteiger partial charge in [-0.05, 0) is 23.6 Å². The van der Waals surface area contributed by atoms with Gasteiger partial charge >= 0.3 is 0 Å². The van der Waals surface area contributed by atoms with Crippen LogP contribution in [0.25, 0.3) is 11.0 Å². The molecule has 0 atom stereocenters. The van der Waals surface area contributed by atoms with Gasteiger partial charge in [0.15, 0.2) is 0 Å². The van der Waals surface area contributed by atoms with Gasteiger partial charge in [0, 0.05) is 6.42 Å². The van der Waals surface area contributed by atoms with Gasteiger partial charge in [-0.3, -0.25) is 0 Å². The molecule has 1 heterocycles. The van der Waals surface area contributed by atoms with E-state index in [-0.39, 0.29) is 5.41 Å². The van der Waals surface area contributed by atoms with Crippen LogP contribution in [0, 0.1) is 0 Å². The molecule has 0 saturated heterocycles. The summed E-state index contributed by atoms with van der Waals surface area (Å²) in [6.45, 7) is 7.25. The molecule has 0 spiro atoms. The predicted molar refractivity (Wildman–Crippen MR) is 67.6 cm³/mol. The van der Waals surface area contributed by atoms with Crippen LogP contribution in [-0.2, 0) is 11.8 Å². The fourth-order valence-corrected chi connectivity index (χ4v) is 1.94. The summed E-state index contributed by atoms with van der Waals surface area (Å²) in [4.78, 5) is 7.95. The lowest BCUT2D eigenvalue weighted by Crippen LogP contribution is -2.11. The first-order valence-corrected chi connectivity index (χ1v) is 5.70. The molecular formula is C13H19N3. The number of nitrogens with zero attached hydrogens (tertiary/aromatic N) is 1. The summed E-state index contributed by atoms with van der Waals surface area (Å²) in [5.41, 5.74) is 9.14. The Bertz CT molecular complexity index is 491. The van der Waals surface area contributed by atoms with Gasteiger partial charge in [0.1, 0.15) is 5.82 Å². The quantitative estimate of drug-likeness (QED) is 0.811. The molecule has 1 aromatic heterocycles. The fraction of sp³-hybridized carbons (Fsp3) is 0.462. The third kappa shape index (κ3) is 1.95. The summed E-state index contributed by atoms with van der Waals surface area (Å²) in [7, 11) is 0. The Kier molecular flexibility index (Phi) is 2.72. The average molecular weight is 217 g/mol. The Balaban J connectivity index is 2.59. The maximum absolute atomic E-state index is 5.55. The molecule has 0 radical (unpaired) electrons. The molecule has 2 aromatic rings. The highest BCUT2D eigenvalue weighted by Crippen LogP contribution is 2.28. The van der Waals surface area contributed by atoms with E-state index in [0.29, 0.717) is 6.54 Å². The third-order valence-electron chi connectivity index (χ3n) is 2.75. The number of benzene rings is 1. The van der Waals surface area contributed by atoms with Crippen molar-refractivity contribution in [2.75, 3.05) is 6.54 Å². The number of nitrogens with two attached hydrogens (primary N) is 1. The Labute approximate surface area is 96.1 Å². The van der Waals surface area contributed by atoms with Gasteiger partial charge in [-0.25, -0.2) is 4.98 Å². The van der Waals surface area contributed by atoms with Crippen molar-refractivity contribution in [3.8, 4) is 0 Å². The fourth-order valence-electron chi connectivity index (χ4n) is 1.94. The van der Waals surface area contributed by atoms with Crippen molar-refractivity contribution in [2.24, 2.45) is 5.73 Å². The maximum atomic E-state index is 5.55. The van der Waals surface area contributed by atoms with Crippen molar-refractivity contribution in [2.45, 2.75) is 32.6 Å². The smallest absolute Gasteiger partial charge is 0.108 e. The molecule has 0 saturated carbocycles. The van der Waals surface area contributed by atoms with Crippen LogP contribution in [0.1, 0.15) is 32.2 Å². The molecule has 0 aliphatic heterocycles. The summed E-state index contributed by atoms with van der Waals surface area (Å²) in [5, 5.41) is 0. The van der Waals surface area contributed by atoms with E-state index < -0.39 is 0 Å². The van der Waals surface area contributed by atoms with Gasteiger partial charge in [0.05, 0.1) is 11.0 Å². The largest absolute Gasteiger partial charge is 0.342 e. The number of imidazole rings is 1. The Morgan fingerprint density at radius 3 is 2.69 bits per heavy atom. The van der Waals surface area contributed by atoms with E-state index in [9.17, 15) is 0 Å². The van der Waals surface area contributed by atoms with Gasteiger partial charge in [0.25, 0.3) is 0 Å². The molecule has 0 aliphatic carbocycles. The molecule has 3 nitrogen and oxygen atoms in total. The molecule has 0 amide bonds. The monoisotopic (exact) mass is 217 g/mol. The molecule has 3 N–H and O–H groups in total. The van der Waals surface area contributed by atoms with Crippen LogP contribution in [0.3, 0.4) is 0 Å². The van der Waals surface area contributed by atoms with Gasteiger partial charge in [-0.15, -0.1) is 0 Å². The number of aromatic nitrogens is 2.